The van der Waals surface area contributed by atoms with Crippen molar-refractivity contribution in [2.75, 3.05) is 5.32 Å². The van der Waals surface area contributed by atoms with Gasteiger partial charge in [-0.25, -0.2) is 0 Å². The summed E-state index contributed by atoms with van der Waals surface area (Å²) in [5, 5.41) is 21.2. The summed E-state index contributed by atoms with van der Waals surface area (Å²) in [6.45, 7) is 0. The minimum Gasteiger partial charge on any atom is -0.325 e. The molecule has 1 amide bonds. The fourth-order valence-corrected chi connectivity index (χ4v) is 3.37. The van der Waals surface area contributed by atoms with Gasteiger partial charge in [-0.15, -0.1) is 0 Å². The van der Waals surface area contributed by atoms with Gasteiger partial charge in [-0.1, -0.05) is 29.8 Å². The molecule has 1 heterocycles. The number of halogens is 3. The van der Waals surface area contributed by atoms with Gasteiger partial charge in [0.2, 0.25) is 11.7 Å². The number of anilines is 1. The van der Waals surface area contributed by atoms with Gasteiger partial charge in [0.25, 0.3) is 0 Å². The first kappa shape index (κ1) is 18.5. The van der Waals surface area contributed by atoms with Gasteiger partial charge in [0, 0.05) is 21.8 Å². The van der Waals surface area contributed by atoms with Crippen LogP contribution >= 0.6 is 11.6 Å². The smallest absolute Gasteiger partial charge is 0.325 e. The lowest BCUT2D eigenvalue weighted by Crippen LogP contribution is -2.58. The number of nitriles is 2. The second kappa shape index (κ2) is 6.46. The Morgan fingerprint density at radius 1 is 1.11 bits per heavy atom. The molecule has 0 bridgehead atoms. The van der Waals surface area contributed by atoms with Crippen LogP contribution in [0.5, 0.6) is 0 Å². The van der Waals surface area contributed by atoms with E-state index >= 15 is 8.78 Å². The van der Waals surface area contributed by atoms with Crippen LogP contribution in [0.15, 0.2) is 48.5 Å². The number of carbonyl (C=O) groups excluding carboxylic acids is 2. The Morgan fingerprint density at radius 2 is 1.70 bits per heavy atom. The van der Waals surface area contributed by atoms with E-state index in [0.717, 1.165) is 12.1 Å². The van der Waals surface area contributed by atoms with E-state index in [1.54, 1.807) is 0 Å². The van der Waals surface area contributed by atoms with Gasteiger partial charge in [-0.3, -0.25) is 9.59 Å². The first-order valence-electron chi connectivity index (χ1n) is 7.69. The lowest BCUT2D eigenvalue weighted by molar-refractivity contribution is -0.134. The second-order valence-electron chi connectivity index (χ2n) is 5.91. The lowest BCUT2D eigenvalue weighted by Gasteiger charge is -2.35. The normalized spacial score (nSPS) is 18.4. The molecule has 2 aromatic carbocycles. The number of benzene rings is 2. The molecule has 1 aliphatic heterocycles. The quantitative estimate of drug-likeness (QED) is 0.812. The molecule has 0 unspecified atom stereocenters. The molecule has 134 valence electrons. The topological polar surface area (TPSA) is 93.8 Å². The number of carbonyl (C=O) groups is 2. The lowest BCUT2D eigenvalue weighted by atomic mass is 9.65. The Morgan fingerprint density at radius 3 is 2.30 bits per heavy atom. The summed E-state index contributed by atoms with van der Waals surface area (Å²) in [5.74, 6) is -9.41. The zero-order chi connectivity index (χ0) is 19.8. The molecule has 1 N–H and O–H groups in total. The number of rotatable bonds is 4. The van der Waals surface area contributed by atoms with Crippen molar-refractivity contribution < 1.29 is 18.4 Å². The van der Waals surface area contributed by atoms with Gasteiger partial charge in [-0.05, 0) is 30.3 Å². The average Bonchev–Trinajstić information content (AvgIpc) is 2.96. The summed E-state index contributed by atoms with van der Waals surface area (Å²) < 4.78 is 31.1. The molecular weight excluding hydrogens is 376 g/mol. The summed E-state index contributed by atoms with van der Waals surface area (Å²) in [7, 11) is 0. The molecule has 0 saturated heterocycles. The van der Waals surface area contributed by atoms with Crippen LogP contribution in [0.3, 0.4) is 0 Å². The number of para-hydroxylation sites is 1. The van der Waals surface area contributed by atoms with Crippen LogP contribution in [-0.4, -0.2) is 17.6 Å². The van der Waals surface area contributed by atoms with Gasteiger partial charge in [0.05, 0.1) is 12.1 Å². The summed E-state index contributed by atoms with van der Waals surface area (Å²) >= 11 is 5.72. The van der Waals surface area contributed by atoms with Gasteiger partial charge < -0.3 is 5.32 Å². The van der Waals surface area contributed by atoms with Crippen molar-refractivity contribution in [3.63, 3.8) is 0 Å². The first-order valence-corrected chi connectivity index (χ1v) is 8.07. The van der Waals surface area contributed by atoms with Crippen molar-refractivity contribution in [1.82, 2.24) is 0 Å². The van der Waals surface area contributed by atoms with Crippen LogP contribution in [-0.2, 0) is 10.2 Å². The molecule has 3 rings (SSSR count). The van der Waals surface area contributed by atoms with E-state index in [9.17, 15) is 20.1 Å². The van der Waals surface area contributed by atoms with E-state index < -0.39 is 34.5 Å². The van der Waals surface area contributed by atoms with Crippen molar-refractivity contribution in [2.45, 2.75) is 11.3 Å². The third-order valence-corrected chi connectivity index (χ3v) is 4.79. The largest absolute Gasteiger partial charge is 0.330 e. The van der Waals surface area contributed by atoms with E-state index in [1.807, 2.05) is 0 Å². The number of fused-ring (bicyclic) bond motifs is 1. The maximum atomic E-state index is 15.6. The maximum absolute atomic E-state index is 15.6. The van der Waals surface area contributed by atoms with Crippen LogP contribution < -0.4 is 5.32 Å². The fraction of sp³-hybridized carbons (Fsp3) is 0.158. The molecule has 1 aliphatic rings. The molecule has 8 heteroatoms. The van der Waals surface area contributed by atoms with Crippen molar-refractivity contribution in [1.29, 1.82) is 10.5 Å². The van der Waals surface area contributed by atoms with Crippen LogP contribution in [0.1, 0.15) is 15.9 Å². The Bertz CT molecular complexity index is 1010. The summed E-state index contributed by atoms with van der Waals surface area (Å²) in [6.07, 6.45) is 0. The number of Topliss-reactive ketones (excluding diaryl/α,β-unsaturated/α-hetero) is 1. The predicted molar refractivity (Wildman–Crippen MR) is 92.2 cm³/mol. The Labute approximate surface area is 157 Å². The molecule has 0 aromatic heterocycles. The number of hydrogen-bond donors (Lipinski definition) is 1. The number of alkyl halides is 2. The van der Waals surface area contributed by atoms with Crippen molar-refractivity contribution in [3.8, 4) is 12.1 Å². The monoisotopic (exact) mass is 385 g/mol. The van der Waals surface area contributed by atoms with Crippen LogP contribution in [0.25, 0.3) is 0 Å². The summed E-state index contributed by atoms with van der Waals surface area (Å²) in [5.41, 5.74) is -3.60. The Balaban J connectivity index is 2.28. The maximum Gasteiger partial charge on any atom is 0.330 e. The van der Waals surface area contributed by atoms with Crippen LogP contribution in [0, 0.1) is 28.6 Å². The van der Waals surface area contributed by atoms with Gasteiger partial charge in [0.1, 0.15) is 0 Å². The number of ketones is 1. The molecule has 0 fully saturated rings. The predicted octanol–water partition coefficient (Wildman–Crippen LogP) is 3.71. The molecular formula is C19H10ClF2N3O2. The van der Waals surface area contributed by atoms with Gasteiger partial charge in [-0.2, -0.15) is 19.3 Å². The third kappa shape index (κ3) is 2.48. The standard InChI is InChI=1S/C19H10ClF2N3O2/c20-13-7-5-11(6-8-13)16(26)19(21,22)18(12(9-23)10-24)14-3-1-2-4-15(14)25-17(18)27/h1-8,12H,(H,25,27)/t18-/m1/s1. The molecule has 0 spiro atoms. The zero-order valence-corrected chi connectivity index (χ0v) is 14.3. The molecule has 0 saturated carbocycles. The SMILES string of the molecule is N#CC(C#N)[C@]1(C(F)(F)C(=O)c2ccc(Cl)cc2)C(=O)Nc2ccccc21. The molecule has 0 aliphatic carbocycles. The van der Waals surface area contributed by atoms with E-state index in [0.29, 0.717) is 0 Å². The third-order valence-electron chi connectivity index (χ3n) is 4.54. The average molecular weight is 386 g/mol. The Kier molecular flexibility index (Phi) is 4.43. The van der Waals surface area contributed by atoms with E-state index in [-0.39, 0.29) is 16.3 Å². The molecule has 27 heavy (non-hydrogen) atoms. The second-order valence-corrected chi connectivity index (χ2v) is 6.35. The van der Waals surface area contributed by atoms with E-state index in [4.69, 9.17) is 11.6 Å². The molecule has 5 nitrogen and oxygen atoms in total. The number of nitrogens with zero attached hydrogens (tertiary/aromatic N) is 2. The minimum atomic E-state index is -4.37. The Hall–Kier alpha value is -3.29. The van der Waals surface area contributed by atoms with E-state index in [2.05, 4.69) is 5.32 Å². The molecule has 1 atom stereocenters. The summed E-state index contributed by atoms with van der Waals surface area (Å²) in [4.78, 5) is 25.4. The van der Waals surface area contributed by atoms with E-state index in [1.165, 1.54) is 48.5 Å². The highest BCUT2D eigenvalue weighted by Gasteiger charge is 2.71. The fourth-order valence-electron chi connectivity index (χ4n) is 3.24. The first-order chi connectivity index (χ1) is 12.8. The highest BCUT2D eigenvalue weighted by Crippen LogP contribution is 2.53. The number of amides is 1. The van der Waals surface area contributed by atoms with Crippen LogP contribution in [0.2, 0.25) is 5.02 Å². The zero-order valence-electron chi connectivity index (χ0n) is 13.5. The van der Waals surface area contributed by atoms with Crippen molar-refractivity contribution in [3.05, 3.63) is 64.7 Å². The number of nitrogens with one attached hydrogen (secondary N) is 1. The highest BCUT2D eigenvalue weighted by atomic mass is 35.5. The van der Waals surface area contributed by atoms with Gasteiger partial charge in [0.15, 0.2) is 11.3 Å². The van der Waals surface area contributed by atoms with Crippen molar-refractivity contribution in [2.24, 2.45) is 5.92 Å². The highest BCUT2D eigenvalue weighted by molar-refractivity contribution is 6.30. The molecule has 2 aromatic rings. The van der Waals surface area contributed by atoms with Gasteiger partial charge >= 0.3 is 5.92 Å². The van der Waals surface area contributed by atoms with Crippen LogP contribution in [0.4, 0.5) is 14.5 Å². The minimum absolute atomic E-state index is 0.0292. The summed E-state index contributed by atoms with van der Waals surface area (Å²) in [6, 6.07) is 13.1. The van der Waals surface area contributed by atoms with Crippen molar-refractivity contribution >= 4 is 29.0 Å². The number of hydrogen-bond acceptors (Lipinski definition) is 4. The molecule has 0 radical (unpaired) electrons.